The molecule has 1 aromatic rings. The van der Waals surface area contributed by atoms with Gasteiger partial charge in [-0.05, 0) is 51.8 Å². The van der Waals surface area contributed by atoms with Crippen molar-refractivity contribution in [2.45, 2.75) is 44.8 Å². The lowest BCUT2D eigenvalue weighted by molar-refractivity contribution is 0.392. The third-order valence-electron chi connectivity index (χ3n) is 5.22. The Kier molecular flexibility index (Phi) is 7.80. The highest BCUT2D eigenvalue weighted by atomic mass is 32.2. The van der Waals surface area contributed by atoms with Crippen LogP contribution in [-0.2, 0) is 9.84 Å². The maximum atomic E-state index is 12.3. The first-order valence-electron chi connectivity index (χ1n) is 10.1. The summed E-state index contributed by atoms with van der Waals surface area (Å²) < 4.78 is 34.7. The molecule has 1 aliphatic heterocycles. The minimum atomic E-state index is -3.18. The zero-order valence-electron chi connectivity index (χ0n) is 18.5. The summed E-state index contributed by atoms with van der Waals surface area (Å²) >= 11 is 0. The van der Waals surface area contributed by atoms with Gasteiger partial charge in [-0.3, -0.25) is 4.99 Å². The molecule has 0 aromatic heterocycles. The Morgan fingerprint density at radius 3 is 2.34 bits per heavy atom. The molecule has 0 spiro atoms. The van der Waals surface area contributed by atoms with E-state index in [-0.39, 0.29) is 12.3 Å². The molecule has 29 heavy (non-hydrogen) atoms. The van der Waals surface area contributed by atoms with Crippen LogP contribution < -0.4 is 14.8 Å². The van der Waals surface area contributed by atoms with Crippen molar-refractivity contribution in [2.24, 2.45) is 4.99 Å². The second-order valence-electron chi connectivity index (χ2n) is 8.24. The molecule has 7 nitrogen and oxygen atoms in total. The van der Waals surface area contributed by atoms with Crippen LogP contribution >= 0.6 is 0 Å². The van der Waals surface area contributed by atoms with Crippen molar-refractivity contribution in [1.82, 2.24) is 10.2 Å². The lowest BCUT2D eigenvalue weighted by Crippen LogP contribution is -2.40. The molecule has 164 valence electrons. The van der Waals surface area contributed by atoms with Crippen LogP contribution in [0.25, 0.3) is 0 Å². The average Bonchev–Trinajstić information content (AvgIpc) is 3.16. The van der Waals surface area contributed by atoms with Gasteiger partial charge in [-0.1, -0.05) is 0 Å². The minimum Gasteiger partial charge on any atom is -0.497 e. The van der Waals surface area contributed by atoms with Crippen LogP contribution in [-0.4, -0.2) is 70.2 Å². The molecule has 1 N–H and O–H groups in total. The average molecular weight is 426 g/mol. The molecule has 1 aliphatic rings. The quantitative estimate of drug-likeness (QED) is 0.534. The van der Waals surface area contributed by atoms with Crippen molar-refractivity contribution in [3.63, 3.8) is 0 Å². The predicted molar refractivity (Wildman–Crippen MR) is 118 cm³/mol. The van der Waals surface area contributed by atoms with Crippen molar-refractivity contribution in [3.8, 4) is 11.5 Å². The van der Waals surface area contributed by atoms with Crippen LogP contribution in [0, 0.1) is 0 Å². The van der Waals surface area contributed by atoms with Gasteiger partial charge in [-0.25, -0.2) is 8.42 Å². The number of rotatable bonds is 7. The van der Waals surface area contributed by atoms with Crippen molar-refractivity contribution < 1.29 is 17.9 Å². The topological polar surface area (TPSA) is 80.2 Å². The van der Waals surface area contributed by atoms with Crippen molar-refractivity contribution in [2.75, 3.05) is 46.2 Å². The van der Waals surface area contributed by atoms with E-state index in [1.807, 2.05) is 13.0 Å². The van der Waals surface area contributed by atoms with Gasteiger partial charge in [0.15, 0.2) is 15.8 Å². The van der Waals surface area contributed by atoms with Crippen molar-refractivity contribution in [1.29, 1.82) is 0 Å². The number of hydrogen-bond acceptors (Lipinski definition) is 5. The molecule has 1 unspecified atom stereocenters. The molecule has 8 heteroatoms. The van der Waals surface area contributed by atoms with E-state index in [2.05, 4.69) is 27.3 Å². The summed E-state index contributed by atoms with van der Waals surface area (Å²) in [7, 11) is 0.126. The number of nitrogens with zero attached hydrogens (tertiary/aromatic N) is 2. The van der Waals surface area contributed by atoms with Gasteiger partial charge in [0.25, 0.3) is 0 Å². The molecular weight excluding hydrogens is 390 g/mol. The van der Waals surface area contributed by atoms with Gasteiger partial charge in [0.05, 0.1) is 31.3 Å². The smallest absolute Gasteiger partial charge is 0.193 e. The normalized spacial score (nSPS) is 18.1. The number of methoxy groups -OCH3 is 2. The maximum Gasteiger partial charge on any atom is 0.193 e. The van der Waals surface area contributed by atoms with Gasteiger partial charge in [-0.2, -0.15) is 0 Å². The number of aliphatic imine (C=N–C) groups is 1. The highest BCUT2D eigenvalue weighted by Gasteiger charge is 2.29. The molecule has 0 amide bonds. The monoisotopic (exact) mass is 425 g/mol. The number of sulfone groups is 1. The fraction of sp³-hybridized carbons (Fsp3) is 0.667. The molecule has 0 bridgehead atoms. The Balaban J connectivity index is 2.10. The molecule has 1 fully saturated rings. The zero-order chi connectivity index (χ0) is 21.7. The zero-order valence-corrected chi connectivity index (χ0v) is 19.3. The Morgan fingerprint density at radius 1 is 1.21 bits per heavy atom. The number of likely N-dealkylation sites (tertiary alicyclic amines) is 1. The minimum absolute atomic E-state index is 0.0513. The van der Waals surface area contributed by atoms with E-state index >= 15 is 0 Å². The fourth-order valence-corrected chi connectivity index (χ4v) is 4.24. The summed E-state index contributed by atoms with van der Waals surface area (Å²) in [5.74, 6) is 2.72. The first-order valence-corrected chi connectivity index (χ1v) is 11.7. The molecule has 0 aliphatic carbocycles. The van der Waals surface area contributed by atoms with Crippen LogP contribution in [0.4, 0.5) is 0 Å². The third-order valence-corrected chi connectivity index (χ3v) is 7.81. The number of ether oxygens (including phenoxy) is 2. The van der Waals surface area contributed by atoms with Gasteiger partial charge in [0.2, 0.25) is 0 Å². The van der Waals surface area contributed by atoms with E-state index in [1.165, 1.54) is 5.56 Å². The van der Waals surface area contributed by atoms with E-state index in [4.69, 9.17) is 9.47 Å². The second-order valence-corrected chi connectivity index (χ2v) is 11.1. The van der Waals surface area contributed by atoms with Crippen LogP contribution in [0.15, 0.2) is 23.2 Å². The molecule has 1 aromatic carbocycles. The van der Waals surface area contributed by atoms with E-state index in [9.17, 15) is 8.42 Å². The predicted octanol–water partition coefficient (Wildman–Crippen LogP) is 2.67. The molecule has 1 atom stereocenters. The summed E-state index contributed by atoms with van der Waals surface area (Å²) in [6.45, 7) is 9.87. The highest BCUT2D eigenvalue weighted by Crippen LogP contribution is 2.32. The molecule has 0 saturated carbocycles. The van der Waals surface area contributed by atoms with Gasteiger partial charge in [0.1, 0.15) is 11.5 Å². The molecule has 1 heterocycles. The van der Waals surface area contributed by atoms with Crippen LogP contribution in [0.5, 0.6) is 11.5 Å². The lowest BCUT2D eigenvalue weighted by Gasteiger charge is -2.23. The van der Waals surface area contributed by atoms with E-state index < -0.39 is 14.6 Å². The first kappa shape index (κ1) is 23.3. The molecule has 1 saturated heterocycles. The van der Waals surface area contributed by atoms with Gasteiger partial charge >= 0.3 is 0 Å². The van der Waals surface area contributed by atoms with E-state index in [1.54, 1.807) is 35.0 Å². The van der Waals surface area contributed by atoms with Gasteiger partial charge in [0, 0.05) is 31.6 Å². The van der Waals surface area contributed by atoms with Crippen molar-refractivity contribution in [3.05, 3.63) is 23.8 Å². The number of benzene rings is 1. The SMILES string of the molecule is CCNC(=NCCS(=O)(=O)C(C)(C)C)N1CCC(c2cc(OC)cc(OC)c2)C1. The Hall–Kier alpha value is -1.96. The number of hydrogen-bond donors (Lipinski definition) is 1. The third kappa shape index (κ3) is 6.01. The standard InChI is InChI=1S/C21H35N3O4S/c1-7-22-20(23-9-11-29(25,26)21(2,3)4)24-10-8-16(15-24)17-12-18(27-5)14-19(13-17)28-6/h12-14,16H,7-11,15H2,1-6H3,(H,22,23). The molecular formula is C21H35N3O4S. The van der Waals surface area contributed by atoms with E-state index in [0.717, 1.165) is 43.5 Å². The Morgan fingerprint density at radius 2 is 1.83 bits per heavy atom. The summed E-state index contributed by atoms with van der Waals surface area (Å²) in [6.07, 6.45) is 0.987. The van der Waals surface area contributed by atoms with Gasteiger partial charge in [-0.15, -0.1) is 0 Å². The Labute approximate surface area is 175 Å². The molecule has 0 radical (unpaired) electrons. The van der Waals surface area contributed by atoms with Crippen LogP contribution in [0.1, 0.15) is 45.6 Å². The first-order chi connectivity index (χ1) is 13.6. The Bertz CT molecular complexity index is 793. The summed E-state index contributed by atoms with van der Waals surface area (Å²) in [4.78, 5) is 6.79. The maximum absolute atomic E-state index is 12.3. The number of nitrogens with one attached hydrogen (secondary N) is 1. The van der Waals surface area contributed by atoms with E-state index in [0.29, 0.717) is 5.92 Å². The van der Waals surface area contributed by atoms with Gasteiger partial charge < -0.3 is 19.7 Å². The van der Waals surface area contributed by atoms with Crippen LogP contribution in [0.3, 0.4) is 0 Å². The number of guanidine groups is 1. The second kappa shape index (κ2) is 9.69. The lowest BCUT2D eigenvalue weighted by atomic mass is 9.98. The summed E-state index contributed by atoms with van der Waals surface area (Å²) in [6, 6.07) is 5.98. The van der Waals surface area contributed by atoms with Crippen LogP contribution in [0.2, 0.25) is 0 Å². The van der Waals surface area contributed by atoms with Crippen molar-refractivity contribution >= 4 is 15.8 Å². The largest absolute Gasteiger partial charge is 0.497 e. The molecule has 2 rings (SSSR count). The summed E-state index contributed by atoms with van der Waals surface area (Å²) in [5, 5.41) is 3.30. The highest BCUT2D eigenvalue weighted by molar-refractivity contribution is 7.92. The fourth-order valence-electron chi connectivity index (χ4n) is 3.29. The summed E-state index contributed by atoms with van der Waals surface area (Å²) in [5.41, 5.74) is 1.18.